The van der Waals surface area contributed by atoms with Gasteiger partial charge in [0.25, 0.3) is 5.91 Å². The summed E-state index contributed by atoms with van der Waals surface area (Å²) in [7, 11) is 1.58. The lowest BCUT2D eigenvalue weighted by Gasteiger charge is -2.22. The molecule has 0 atom stereocenters. The van der Waals surface area contributed by atoms with Crippen molar-refractivity contribution in [3.8, 4) is 5.75 Å². The first-order chi connectivity index (χ1) is 12.2. The lowest BCUT2D eigenvalue weighted by molar-refractivity contribution is 0.0984. The van der Waals surface area contributed by atoms with E-state index in [9.17, 15) is 4.79 Å². The molecule has 1 heterocycles. The molecule has 1 amide bonds. The SMILES string of the molecule is COc1cccc(C(=O)N(Cc2ccc(Cl)cc2)c2ccccn2)c1. The Labute approximate surface area is 151 Å². The molecule has 0 spiro atoms. The maximum atomic E-state index is 13.1. The van der Waals surface area contributed by atoms with Crippen molar-refractivity contribution in [3.05, 3.63) is 89.1 Å². The third-order valence-electron chi connectivity index (χ3n) is 3.74. The number of aromatic nitrogens is 1. The summed E-state index contributed by atoms with van der Waals surface area (Å²) in [6.07, 6.45) is 1.67. The normalized spacial score (nSPS) is 10.3. The predicted octanol–water partition coefficient (Wildman–Crippen LogP) is 4.59. The zero-order chi connectivity index (χ0) is 17.6. The van der Waals surface area contributed by atoms with E-state index in [0.717, 1.165) is 5.56 Å². The molecule has 3 rings (SSSR count). The molecule has 5 heteroatoms. The number of carbonyl (C=O) groups is 1. The van der Waals surface area contributed by atoms with Gasteiger partial charge in [-0.25, -0.2) is 4.98 Å². The second kappa shape index (κ2) is 7.81. The molecule has 0 N–H and O–H groups in total. The van der Waals surface area contributed by atoms with E-state index < -0.39 is 0 Å². The van der Waals surface area contributed by atoms with Crippen LogP contribution in [0.3, 0.4) is 0 Å². The van der Waals surface area contributed by atoms with Gasteiger partial charge in [0.2, 0.25) is 0 Å². The summed E-state index contributed by atoms with van der Waals surface area (Å²) in [5, 5.41) is 0.659. The Hall–Kier alpha value is -2.85. The Kier molecular flexibility index (Phi) is 5.31. The number of halogens is 1. The molecule has 2 aromatic carbocycles. The van der Waals surface area contributed by atoms with Crippen LogP contribution in [-0.4, -0.2) is 18.0 Å². The van der Waals surface area contributed by atoms with Crippen LogP contribution in [0.1, 0.15) is 15.9 Å². The smallest absolute Gasteiger partial charge is 0.259 e. The van der Waals surface area contributed by atoms with E-state index in [1.165, 1.54) is 0 Å². The Morgan fingerprint density at radius 1 is 1.08 bits per heavy atom. The zero-order valence-electron chi connectivity index (χ0n) is 13.7. The molecule has 0 bridgehead atoms. The van der Waals surface area contributed by atoms with Crippen molar-refractivity contribution in [3.63, 3.8) is 0 Å². The minimum atomic E-state index is -0.146. The minimum absolute atomic E-state index is 0.146. The van der Waals surface area contributed by atoms with Crippen LogP contribution < -0.4 is 9.64 Å². The quantitative estimate of drug-likeness (QED) is 0.674. The van der Waals surface area contributed by atoms with Gasteiger partial charge in [-0.15, -0.1) is 0 Å². The van der Waals surface area contributed by atoms with E-state index in [1.54, 1.807) is 42.5 Å². The number of benzene rings is 2. The van der Waals surface area contributed by atoms with Crippen molar-refractivity contribution in [1.29, 1.82) is 0 Å². The Balaban J connectivity index is 1.95. The number of ether oxygens (including phenoxy) is 1. The van der Waals surface area contributed by atoms with Crippen LogP contribution >= 0.6 is 11.6 Å². The molecule has 0 radical (unpaired) electrons. The van der Waals surface area contributed by atoms with Crippen molar-refractivity contribution in [2.75, 3.05) is 12.0 Å². The molecule has 0 aliphatic heterocycles. The molecule has 0 aliphatic carbocycles. The molecule has 126 valence electrons. The molecule has 1 aromatic heterocycles. The van der Waals surface area contributed by atoms with Gasteiger partial charge in [-0.3, -0.25) is 9.69 Å². The van der Waals surface area contributed by atoms with Gasteiger partial charge in [0.15, 0.2) is 0 Å². The Morgan fingerprint density at radius 2 is 1.88 bits per heavy atom. The van der Waals surface area contributed by atoms with Gasteiger partial charge in [0, 0.05) is 16.8 Å². The van der Waals surface area contributed by atoms with Crippen LogP contribution in [-0.2, 0) is 6.54 Å². The summed E-state index contributed by atoms with van der Waals surface area (Å²) in [5.74, 6) is 1.08. The number of amides is 1. The van der Waals surface area contributed by atoms with E-state index in [1.807, 2.05) is 42.5 Å². The Bertz CT molecular complexity index is 851. The number of nitrogens with zero attached hydrogens (tertiary/aromatic N) is 2. The summed E-state index contributed by atoms with van der Waals surface area (Å²) in [6.45, 7) is 0.393. The molecule has 25 heavy (non-hydrogen) atoms. The highest BCUT2D eigenvalue weighted by molar-refractivity contribution is 6.30. The summed E-state index contributed by atoms with van der Waals surface area (Å²) in [5.41, 5.74) is 1.50. The molecular formula is C20H17ClN2O2. The molecule has 0 fully saturated rings. The van der Waals surface area contributed by atoms with Crippen LogP contribution in [0.5, 0.6) is 5.75 Å². The van der Waals surface area contributed by atoms with E-state index in [-0.39, 0.29) is 5.91 Å². The van der Waals surface area contributed by atoms with Gasteiger partial charge in [0.1, 0.15) is 11.6 Å². The summed E-state index contributed by atoms with van der Waals surface area (Å²) < 4.78 is 5.22. The van der Waals surface area contributed by atoms with Gasteiger partial charge in [0.05, 0.1) is 13.7 Å². The van der Waals surface area contributed by atoms with Gasteiger partial charge < -0.3 is 4.74 Å². The highest BCUT2D eigenvalue weighted by Gasteiger charge is 2.19. The van der Waals surface area contributed by atoms with E-state index in [0.29, 0.717) is 28.7 Å². The maximum absolute atomic E-state index is 13.1. The van der Waals surface area contributed by atoms with Crippen LogP contribution in [0, 0.1) is 0 Å². The summed E-state index contributed by atoms with van der Waals surface area (Å²) in [6, 6.07) is 20.0. The van der Waals surface area contributed by atoms with Crippen molar-refractivity contribution in [1.82, 2.24) is 4.98 Å². The molecule has 0 unspecified atom stereocenters. The molecule has 0 aliphatic rings. The highest BCUT2D eigenvalue weighted by Crippen LogP contribution is 2.21. The van der Waals surface area contributed by atoms with Crippen LogP contribution in [0.2, 0.25) is 5.02 Å². The summed E-state index contributed by atoms with van der Waals surface area (Å²) in [4.78, 5) is 19.1. The van der Waals surface area contributed by atoms with Gasteiger partial charge in [-0.1, -0.05) is 35.9 Å². The first-order valence-corrected chi connectivity index (χ1v) is 8.16. The number of hydrogen-bond acceptors (Lipinski definition) is 3. The molecule has 0 saturated heterocycles. The van der Waals surface area contributed by atoms with Crippen molar-refractivity contribution < 1.29 is 9.53 Å². The van der Waals surface area contributed by atoms with Gasteiger partial charge in [-0.05, 0) is 48.0 Å². The fourth-order valence-corrected chi connectivity index (χ4v) is 2.58. The minimum Gasteiger partial charge on any atom is -0.497 e. The lowest BCUT2D eigenvalue weighted by atomic mass is 10.1. The number of pyridine rings is 1. The second-order valence-corrected chi connectivity index (χ2v) is 5.87. The van der Waals surface area contributed by atoms with E-state index in [2.05, 4.69) is 4.98 Å². The van der Waals surface area contributed by atoms with Crippen molar-refractivity contribution in [2.45, 2.75) is 6.54 Å². The standard InChI is InChI=1S/C20H17ClN2O2/c1-25-18-6-4-5-16(13-18)20(24)23(19-7-2-3-12-22-19)14-15-8-10-17(21)11-9-15/h2-13H,14H2,1H3. The van der Waals surface area contributed by atoms with Crippen LogP contribution in [0.25, 0.3) is 0 Å². The first kappa shape index (κ1) is 17.0. The average molecular weight is 353 g/mol. The highest BCUT2D eigenvalue weighted by atomic mass is 35.5. The number of carbonyl (C=O) groups excluding carboxylic acids is 1. The molecule has 3 aromatic rings. The Morgan fingerprint density at radius 3 is 2.56 bits per heavy atom. The average Bonchev–Trinajstić information content (AvgIpc) is 2.67. The predicted molar refractivity (Wildman–Crippen MR) is 99.2 cm³/mol. The third kappa shape index (κ3) is 4.17. The maximum Gasteiger partial charge on any atom is 0.259 e. The molecule has 0 saturated carbocycles. The number of rotatable bonds is 5. The topological polar surface area (TPSA) is 42.4 Å². The zero-order valence-corrected chi connectivity index (χ0v) is 14.5. The van der Waals surface area contributed by atoms with Crippen LogP contribution in [0.4, 0.5) is 5.82 Å². The van der Waals surface area contributed by atoms with Gasteiger partial charge >= 0.3 is 0 Å². The number of hydrogen-bond donors (Lipinski definition) is 0. The fourth-order valence-electron chi connectivity index (χ4n) is 2.45. The van der Waals surface area contributed by atoms with Gasteiger partial charge in [-0.2, -0.15) is 0 Å². The van der Waals surface area contributed by atoms with Crippen molar-refractivity contribution >= 4 is 23.3 Å². The van der Waals surface area contributed by atoms with Crippen molar-refractivity contribution in [2.24, 2.45) is 0 Å². The van der Waals surface area contributed by atoms with E-state index in [4.69, 9.17) is 16.3 Å². The number of anilines is 1. The van der Waals surface area contributed by atoms with E-state index >= 15 is 0 Å². The largest absolute Gasteiger partial charge is 0.497 e. The molecule has 4 nitrogen and oxygen atoms in total. The monoisotopic (exact) mass is 352 g/mol. The summed E-state index contributed by atoms with van der Waals surface area (Å²) >= 11 is 5.95. The molecular weight excluding hydrogens is 336 g/mol. The first-order valence-electron chi connectivity index (χ1n) is 7.79. The second-order valence-electron chi connectivity index (χ2n) is 5.44. The fraction of sp³-hybridized carbons (Fsp3) is 0.100. The lowest BCUT2D eigenvalue weighted by Crippen LogP contribution is -2.31. The third-order valence-corrected chi connectivity index (χ3v) is 3.99. The van der Waals surface area contributed by atoms with Crippen LogP contribution in [0.15, 0.2) is 72.9 Å². The number of methoxy groups -OCH3 is 1.